The summed E-state index contributed by atoms with van der Waals surface area (Å²) < 4.78 is 1.01. The third-order valence-corrected chi connectivity index (χ3v) is 4.63. The predicted octanol–water partition coefficient (Wildman–Crippen LogP) is 4.14. The molecule has 0 fully saturated rings. The second-order valence-electron chi connectivity index (χ2n) is 4.07. The zero-order chi connectivity index (χ0) is 11.8. The Hall–Kier alpha value is -0.770. The second-order valence-corrected chi connectivity index (χ2v) is 6.01. The lowest BCUT2D eigenvalue weighted by Crippen LogP contribution is -2.01. The Balaban J connectivity index is 2.18. The number of benzene rings is 2. The van der Waals surface area contributed by atoms with Crippen LogP contribution in [0.25, 0.3) is 0 Å². The summed E-state index contributed by atoms with van der Waals surface area (Å²) in [7, 11) is 0. The molecule has 0 aromatic heterocycles. The molecule has 0 saturated carbocycles. The molecule has 1 aliphatic heterocycles. The summed E-state index contributed by atoms with van der Waals surface area (Å²) in [6.07, 6.45) is -0.520. The summed E-state index contributed by atoms with van der Waals surface area (Å²) >= 11 is 5.25. The highest BCUT2D eigenvalue weighted by atomic mass is 79.9. The van der Waals surface area contributed by atoms with Crippen molar-refractivity contribution in [2.75, 3.05) is 0 Å². The Bertz CT molecular complexity index is 568. The van der Waals surface area contributed by atoms with Crippen LogP contribution in [0.3, 0.4) is 0 Å². The number of aliphatic hydroxyl groups is 1. The van der Waals surface area contributed by atoms with Crippen LogP contribution in [-0.2, 0) is 5.75 Å². The average Bonchev–Trinajstić information content (AvgIpc) is 2.49. The predicted molar refractivity (Wildman–Crippen MR) is 74.2 cm³/mol. The van der Waals surface area contributed by atoms with Crippen molar-refractivity contribution < 1.29 is 5.11 Å². The largest absolute Gasteiger partial charge is 0.384 e. The number of halogens is 1. The molecule has 0 unspecified atom stereocenters. The highest BCUT2D eigenvalue weighted by Crippen LogP contribution is 2.40. The molecule has 2 aromatic rings. The van der Waals surface area contributed by atoms with Crippen LogP contribution in [0.2, 0.25) is 0 Å². The topological polar surface area (TPSA) is 20.2 Å². The van der Waals surface area contributed by atoms with Crippen LogP contribution < -0.4 is 0 Å². The van der Waals surface area contributed by atoms with Gasteiger partial charge < -0.3 is 5.11 Å². The first-order valence-corrected chi connectivity index (χ1v) is 7.21. The lowest BCUT2D eigenvalue weighted by atomic mass is 9.98. The maximum atomic E-state index is 10.5. The summed E-state index contributed by atoms with van der Waals surface area (Å²) in [5.74, 6) is 0.919. The Labute approximate surface area is 113 Å². The SMILES string of the molecule is O[C@H]1c2ccccc2CSc2ccc(Br)cc21. The van der Waals surface area contributed by atoms with Gasteiger partial charge in [-0.05, 0) is 34.9 Å². The number of thioether (sulfide) groups is 1. The summed E-state index contributed by atoms with van der Waals surface area (Å²) in [5.41, 5.74) is 3.24. The molecule has 1 atom stereocenters. The number of hydrogen-bond donors (Lipinski definition) is 1. The van der Waals surface area contributed by atoms with Gasteiger partial charge in [-0.3, -0.25) is 0 Å². The van der Waals surface area contributed by atoms with Gasteiger partial charge in [0.2, 0.25) is 0 Å². The molecule has 1 aliphatic rings. The van der Waals surface area contributed by atoms with Gasteiger partial charge in [-0.25, -0.2) is 0 Å². The van der Waals surface area contributed by atoms with Gasteiger partial charge in [-0.1, -0.05) is 40.2 Å². The fourth-order valence-electron chi connectivity index (χ4n) is 2.12. The van der Waals surface area contributed by atoms with Gasteiger partial charge >= 0.3 is 0 Å². The van der Waals surface area contributed by atoms with E-state index in [0.29, 0.717) is 0 Å². The molecule has 0 saturated heterocycles. The van der Waals surface area contributed by atoms with E-state index in [1.165, 1.54) is 5.56 Å². The maximum absolute atomic E-state index is 10.5. The van der Waals surface area contributed by atoms with Gasteiger partial charge in [0.05, 0.1) is 0 Å². The summed E-state index contributed by atoms with van der Waals surface area (Å²) in [6.45, 7) is 0. The molecule has 0 aliphatic carbocycles. The van der Waals surface area contributed by atoms with Gasteiger partial charge in [0.25, 0.3) is 0 Å². The fraction of sp³-hybridized carbons (Fsp3) is 0.143. The van der Waals surface area contributed by atoms with E-state index in [1.807, 2.05) is 30.3 Å². The summed E-state index contributed by atoms with van der Waals surface area (Å²) in [5, 5.41) is 10.5. The van der Waals surface area contributed by atoms with Crippen LogP contribution in [0, 0.1) is 0 Å². The zero-order valence-corrected chi connectivity index (χ0v) is 11.5. The van der Waals surface area contributed by atoms with Crippen molar-refractivity contribution in [1.29, 1.82) is 0 Å². The first-order chi connectivity index (χ1) is 8.25. The van der Waals surface area contributed by atoms with E-state index in [2.05, 4.69) is 28.1 Å². The minimum atomic E-state index is -0.520. The molecule has 0 bridgehead atoms. The van der Waals surface area contributed by atoms with Crippen molar-refractivity contribution >= 4 is 27.7 Å². The van der Waals surface area contributed by atoms with Crippen LogP contribution in [0.1, 0.15) is 22.8 Å². The highest BCUT2D eigenvalue weighted by molar-refractivity contribution is 9.10. The fourth-order valence-corrected chi connectivity index (χ4v) is 3.57. The normalized spacial score (nSPS) is 18.1. The zero-order valence-electron chi connectivity index (χ0n) is 9.06. The van der Waals surface area contributed by atoms with Gasteiger partial charge in [0, 0.05) is 15.1 Å². The molecular weight excluding hydrogens is 296 g/mol. The van der Waals surface area contributed by atoms with Crippen LogP contribution in [0.4, 0.5) is 0 Å². The molecule has 86 valence electrons. The minimum absolute atomic E-state index is 0.520. The summed E-state index contributed by atoms with van der Waals surface area (Å²) in [4.78, 5) is 1.16. The van der Waals surface area contributed by atoms with Crippen LogP contribution in [0.15, 0.2) is 51.8 Å². The molecule has 1 N–H and O–H groups in total. The molecule has 0 amide bonds. The monoisotopic (exact) mass is 306 g/mol. The second kappa shape index (κ2) is 4.48. The van der Waals surface area contributed by atoms with Crippen molar-refractivity contribution in [3.63, 3.8) is 0 Å². The molecule has 3 heteroatoms. The molecule has 1 nitrogen and oxygen atoms in total. The van der Waals surface area contributed by atoms with Gasteiger partial charge in [-0.15, -0.1) is 11.8 Å². The minimum Gasteiger partial charge on any atom is -0.384 e. The van der Waals surface area contributed by atoms with Gasteiger partial charge in [0.1, 0.15) is 6.10 Å². The number of hydrogen-bond acceptors (Lipinski definition) is 2. The van der Waals surface area contributed by atoms with Crippen LogP contribution in [0.5, 0.6) is 0 Å². The molecule has 0 spiro atoms. The Morgan fingerprint density at radius 2 is 1.94 bits per heavy atom. The third kappa shape index (κ3) is 2.03. The Morgan fingerprint density at radius 3 is 2.82 bits per heavy atom. The van der Waals surface area contributed by atoms with E-state index in [4.69, 9.17) is 0 Å². The third-order valence-electron chi connectivity index (χ3n) is 3.00. The summed E-state index contributed by atoms with van der Waals surface area (Å²) in [6, 6.07) is 14.2. The van der Waals surface area contributed by atoms with Crippen molar-refractivity contribution in [2.45, 2.75) is 16.8 Å². The maximum Gasteiger partial charge on any atom is 0.105 e. The highest BCUT2D eigenvalue weighted by Gasteiger charge is 2.21. The van der Waals surface area contributed by atoms with E-state index < -0.39 is 6.10 Å². The molecule has 2 aromatic carbocycles. The lowest BCUT2D eigenvalue weighted by molar-refractivity contribution is 0.217. The molecule has 17 heavy (non-hydrogen) atoms. The van der Waals surface area contributed by atoms with Crippen molar-refractivity contribution in [3.8, 4) is 0 Å². The van der Waals surface area contributed by atoms with E-state index >= 15 is 0 Å². The Kier molecular flexibility index (Phi) is 2.99. The number of aliphatic hydroxyl groups excluding tert-OH is 1. The Morgan fingerprint density at radius 1 is 1.12 bits per heavy atom. The van der Waals surface area contributed by atoms with E-state index in [-0.39, 0.29) is 0 Å². The lowest BCUT2D eigenvalue weighted by Gasteiger charge is -2.13. The number of fused-ring (bicyclic) bond motifs is 2. The van der Waals surface area contributed by atoms with Crippen LogP contribution >= 0.6 is 27.7 Å². The van der Waals surface area contributed by atoms with Gasteiger partial charge in [-0.2, -0.15) is 0 Å². The molecular formula is C14H11BrOS. The van der Waals surface area contributed by atoms with E-state index in [1.54, 1.807) is 11.8 Å². The van der Waals surface area contributed by atoms with Crippen molar-refractivity contribution in [1.82, 2.24) is 0 Å². The van der Waals surface area contributed by atoms with E-state index in [9.17, 15) is 5.11 Å². The van der Waals surface area contributed by atoms with Gasteiger partial charge in [0.15, 0.2) is 0 Å². The number of rotatable bonds is 0. The smallest absolute Gasteiger partial charge is 0.105 e. The molecule has 0 radical (unpaired) electrons. The quantitative estimate of drug-likeness (QED) is 0.789. The van der Waals surface area contributed by atoms with E-state index in [0.717, 1.165) is 26.2 Å². The first-order valence-electron chi connectivity index (χ1n) is 5.44. The average molecular weight is 307 g/mol. The van der Waals surface area contributed by atoms with Crippen molar-refractivity contribution in [2.24, 2.45) is 0 Å². The van der Waals surface area contributed by atoms with Crippen LogP contribution in [-0.4, -0.2) is 5.11 Å². The first kappa shape index (κ1) is 11.3. The standard InChI is InChI=1S/C14H11BrOS/c15-10-5-6-13-12(7-10)14(16)11-4-2-1-3-9(11)8-17-13/h1-7,14,16H,8H2/t14-/m0/s1. The molecule has 3 rings (SSSR count). The van der Waals surface area contributed by atoms with Crippen molar-refractivity contribution in [3.05, 3.63) is 63.6 Å². The molecule has 1 heterocycles.